The van der Waals surface area contributed by atoms with Gasteiger partial charge in [-0.2, -0.15) is 0 Å². The third kappa shape index (κ3) is 3.46. The summed E-state index contributed by atoms with van der Waals surface area (Å²) in [5.74, 6) is -0.704. The summed E-state index contributed by atoms with van der Waals surface area (Å²) in [6.45, 7) is 0. The fraction of sp³-hybridized carbons (Fsp3) is 0.0833. The van der Waals surface area contributed by atoms with Gasteiger partial charge >= 0.3 is 0 Å². The largest absolute Gasteiger partial charge is 0.504 e. The highest BCUT2D eigenvalue weighted by Crippen LogP contribution is 2.37. The Labute approximate surface area is 176 Å². The number of carbonyl (C=O) groups is 1. The predicted octanol–water partition coefficient (Wildman–Crippen LogP) is 4.12. The zero-order chi connectivity index (χ0) is 22.1. The van der Waals surface area contributed by atoms with Crippen LogP contribution in [0.1, 0.15) is 15.9 Å². The van der Waals surface area contributed by atoms with Gasteiger partial charge in [0, 0.05) is 11.1 Å². The summed E-state index contributed by atoms with van der Waals surface area (Å²) in [7, 11) is 2.97. The topological polar surface area (TPSA) is 106 Å². The smallest absolute Gasteiger partial charge is 0.204 e. The minimum absolute atomic E-state index is 0.0341. The molecule has 0 saturated carbocycles. The Morgan fingerprint density at radius 3 is 2.29 bits per heavy atom. The lowest BCUT2D eigenvalue weighted by molar-refractivity contribution is 0.103. The molecule has 0 saturated heterocycles. The molecule has 4 rings (SSSR count). The van der Waals surface area contributed by atoms with Crippen LogP contribution in [0.3, 0.4) is 0 Å². The van der Waals surface area contributed by atoms with Gasteiger partial charge in [0.2, 0.25) is 17.0 Å². The van der Waals surface area contributed by atoms with E-state index < -0.39 is 22.7 Å². The van der Waals surface area contributed by atoms with Crippen LogP contribution in [0.2, 0.25) is 0 Å². The molecule has 0 radical (unpaired) electrons. The standard InChI is InChI=1S/C24H18O7/c1-29-15-7-3-5-13(11-15)20(26)19-21(27)17-9-10-18(25)22(28)24(17)31-23(19)14-6-4-8-16(12-14)30-2/h3-12,25,28H,1-2H3. The van der Waals surface area contributed by atoms with Crippen LogP contribution >= 0.6 is 0 Å². The molecule has 2 N–H and O–H groups in total. The SMILES string of the molecule is COc1cccc(C(=O)c2c(-c3cccc(OC)c3)oc3c(O)c(O)ccc3c2=O)c1. The first-order chi connectivity index (χ1) is 14.9. The van der Waals surface area contributed by atoms with Crippen LogP contribution < -0.4 is 14.9 Å². The van der Waals surface area contributed by atoms with Crippen LogP contribution in [-0.4, -0.2) is 30.2 Å². The van der Waals surface area contributed by atoms with E-state index >= 15 is 0 Å². The van der Waals surface area contributed by atoms with Gasteiger partial charge in [0.15, 0.2) is 11.3 Å². The third-order valence-corrected chi connectivity index (χ3v) is 4.90. The zero-order valence-electron chi connectivity index (χ0n) is 16.7. The number of hydrogen-bond donors (Lipinski definition) is 2. The molecule has 156 valence electrons. The second-order valence-electron chi connectivity index (χ2n) is 6.74. The van der Waals surface area contributed by atoms with E-state index in [4.69, 9.17) is 13.9 Å². The van der Waals surface area contributed by atoms with Crippen molar-refractivity contribution in [2.45, 2.75) is 0 Å². The van der Waals surface area contributed by atoms with Crippen molar-refractivity contribution in [1.82, 2.24) is 0 Å². The second kappa shape index (κ2) is 7.87. The number of carbonyl (C=O) groups excluding carboxylic acids is 1. The van der Waals surface area contributed by atoms with Gasteiger partial charge in [-0.1, -0.05) is 24.3 Å². The fourth-order valence-corrected chi connectivity index (χ4v) is 3.32. The average molecular weight is 418 g/mol. The predicted molar refractivity (Wildman–Crippen MR) is 114 cm³/mol. The number of phenols is 2. The van der Waals surface area contributed by atoms with Crippen LogP contribution in [0.4, 0.5) is 0 Å². The van der Waals surface area contributed by atoms with Crippen molar-refractivity contribution >= 4 is 16.8 Å². The summed E-state index contributed by atoms with van der Waals surface area (Å²) in [4.78, 5) is 26.8. The number of hydrogen-bond acceptors (Lipinski definition) is 7. The highest BCUT2D eigenvalue weighted by atomic mass is 16.5. The maximum atomic E-state index is 13.4. The van der Waals surface area contributed by atoms with Gasteiger partial charge in [-0.15, -0.1) is 0 Å². The van der Waals surface area contributed by atoms with E-state index in [0.717, 1.165) is 0 Å². The minimum Gasteiger partial charge on any atom is -0.504 e. The van der Waals surface area contributed by atoms with E-state index in [9.17, 15) is 19.8 Å². The van der Waals surface area contributed by atoms with Gasteiger partial charge in [-0.05, 0) is 36.4 Å². The lowest BCUT2D eigenvalue weighted by Crippen LogP contribution is -2.18. The molecule has 0 bridgehead atoms. The molecular weight excluding hydrogens is 400 g/mol. The Morgan fingerprint density at radius 1 is 0.903 bits per heavy atom. The van der Waals surface area contributed by atoms with Crippen molar-refractivity contribution in [2.75, 3.05) is 14.2 Å². The highest BCUT2D eigenvalue weighted by molar-refractivity contribution is 6.13. The van der Waals surface area contributed by atoms with Crippen LogP contribution in [-0.2, 0) is 0 Å². The molecule has 0 fully saturated rings. The molecule has 0 amide bonds. The Hall–Kier alpha value is -4.26. The number of aromatic hydroxyl groups is 2. The minimum atomic E-state index is -0.637. The van der Waals surface area contributed by atoms with Gasteiger partial charge in [0.25, 0.3) is 0 Å². The molecule has 3 aromatic carbocycles. The Morgan fingerprint density at radius 2 is 1.58 bits per heavy atom. The summed E-state index contributed by atoms with van der Waals surface area (Å²) in [5.41, 5.74) is -0.434. The number of benzene rings is 3. The molecule has 7 nitrogen and oxygen atoms in total. The van der Waals surface area contributed by atoms with E-state index in [2.05, 4.69) is 0 Å². The normalized spacial score (nSPS) is 10.8. The zero-order valence-corrected chi connectivity index (χ0v) is 16.7. The second-order valence-corrected chi connectivity index (χ2v) is 6.74. The van der Waals surface area contributed by atoms with E-state index in [1.165, 1.54) is 32.4 Å². The molecule has 31 heavy (non-hydrogen) atoms. The van der Waals surface area contributed by atoms with E-state index in [1.807, 2.05) is 0 Å². The fourth-order valence-electron chi connectivity index (χ4n) is 3.32. The van der Waals surface area contributed by atoms with Gasteiger partial charge < -0.3 is 24.1 Å². The molecule has 0 spiro atoms. The molecule has 4 aromatic rings. The lowest BCUT2D eigenvalue weighted by Gasteiger charge is -2.12. The maximum Gasteiger partial charge on any atom is 0.204 e. The molecule has 0 aliphatic carbocycles. The number of ketones is 1. The summed E-state index contributed by atoms with van der Waals surface area (Å²) >= 11 is 0. The maximum absolute atomic E-state index is 13.4. The summed E-state index contributed by atoms with van der Waals surface area (Å²) in [6, 6.07) is 15.5. The summed E-state index contributed by atoms with van der Waals surface area (Å²) in [6.07, 6.45) is 0. The molecule has 1 aromatic heterocycles. The molecule has 1 heterocycles. The number of phenolic OH excluding ortho intramolecular Hbond substituents is 2. The number of methoxy groups -OCH3 is 2. The number of ether oxygens (including phenoxy) is 2. The molecular formula is C24H18O7. The van der Waals surface area contributed by atoms with Gasteiger partial charge in [-0.3, -0.25) is 9.59 Å². The number of fused-ring (bicyclic) bond motifs is 1. The van der Waals surface area contributed by atoms with Crippen LogP contribution in [0.15, 0.2) is 69.9 Å². The quantitative estimate of drug-likeness (QED) is 0.371. The molecule has 0 unspecified atom stereocenters. The molecule has 0 aliphatic rings. The first-order valence-electron chi connectivity index (χ1n) is 9.29. The van der Waals surface area contributed by atoms with Crippen LogP contribution in [0.25, 0.3) is 22.3 Å². The van der Waals surface area contributed by atoms with Crippen molar-refractivity contribution in [3.63, 3.8) is 0 Å². The van der Waals surface area contributed by atoms with E-state index in [1.54, 1.807) is 42.5 Å². The van der Waals surface area contributed by atoms with Crippen LogP contribution in [0, 0.1) is 0 Å². The Kier molecular flexibility index (Phi) is 5.09. The molecule has 7 heteroatoms. The Balaban J connectivity index is 2.06. The lowest BCUT2D eigenvalue weighted by atomic mass is 9.97. The van der Waals surface area contributed by atoms with Crippen molar-refractivity contribution in [1.29, 1.82) is 0 Å². The van der Waals surface area contributed by atoms with Gasteiger partial charge in [0.1, 0.15) is 22.8 Å². The molecule has 0 aliphatic heterocycles. The highest BCUT2D eigenvalue weighted by Gasteiger charge is 2.25. The summed E-state index contributed by atoms with van der Waals surface area (Å²) in [5, 5.41) is 20.1. The number of rotatable bonds is 5. The van der Waals surface area contributed by atoms with Crippen molar-refractivity contribution in [2.24, 2.45) is 0 Å². The van der Waals surface area contributed by atoms with Gasteiger partial charge in [0.05, 0.1) is 19.6 Å². The van der Waals surface area contributed by atoms with Crippen LogP contribution in [0.5, 0.6) is 23.0 Å². The Bertz CT molecular complexity index is 1370. The first-order valence-corrected chi connectivity index (χ1v) is 9.29. The van der Waals surface area contributed by atoms with Crippen molar-refractivity contribution < 1.29 is 28.9 Å². The average Bonchev–Trinajstić information content (AvgIpc) is 2.81. The summed E-state index contributed by atoms with van der Waals surface area (Å²) < 4.78 is 16.3. The third-order valence-electron chi connectivity index (χ3n) is 4.90. The van der Waals surface area contributed by atoms with Crippen molar-refractivity contribution in [3.8, 4) is 34.3 Å². The van der Waals surface area contributed by atoms with Crippen molar-refractivity contribution in [3.05, 3.63) is 82.0 Å². The monoisotopic (exact) mass is 418 g/mol. The van der Waals surface area contributed by atoms with Gasteiger partial charge in [-0.25, -0.2) is 0 Å². The van der Waals surface area contributed by atoms with E-state index in [-0.39, 0.29) is 27.9 Å². The molecule has 0 atom stereocenters. The van der Waals surface area contributed by atoms with E-state index in [0.29, 0.717) is 17.1 Å². The first kappa shape index (κ1) is 20.0.